The number of hydrogen-bond acceptors (Lipinski definition) is 3. The number of nitrogens with zero attached hydrogens (tertiary/aromatic N) is 2. The smallest absolute Gasteiger partial charge is 0.249 e. The predicted molar refractivity (Wildman–Crippen MR) is 123 cm³/mol. The molecule has 1 aliphatic heterocycles. The lowest BCUT2D eigenvalue weighted by molar-refractivity contribution is 0.100. The van der Waals surface area contributed by atoms with Crippen LogP contribution in [0, 0.1) is 0 Å². The number of rotatable bonds is 3. The lowest BCUT2D eigenvalue weighted by Gasteiger charge is -2.29. The van der Waals surface area contributed by atoms with Gasteiger partial charge in [-0.1, -0.05) is 49.4 Å². The molecule has 2 heterocycles. The van der Waals surface area contributed by atoms with Crippen molar-refractivity contribution in [1.82, 2.24) is 9.88 Å². The highest BCUT2D eigenvalue weighted by atomic mass is 16.1. The van der Waals surface area contributed by atoms with E-state index in [2.05, 4.69) is 17.9 Å². The summed E-state index contributed by atoms with van der Waals surface area (Å²) in [6.45, 7) is 5.83. The van der Waals surface area contributed by atoms with Crippen LogP contribution in [0.1, 0.15) is 59.1 Å². The van der Waals surface area contributed by atoms with Gasteiger partial charge in [0.15, 0.2) is 0 Å². The summed E-state index contributed by atoms with van der Waals surface area (Å²) in [4.78, 5) is 18.5. The molecule has 2 aromatic carbocycles. The van der Waals surface area contributed by atoms with E-state index in [1.54, 1.807) is 6.07 Å². The molecule has 1 aliphatic carbocycles. The minimum absolute atomic E-state index is 0.378. The second-order valence-electron chi connectivity index (χ2n) is 8.32. The van der Waals surface area contributed by atoms with Gasteiger partial charge in [0, 0.05) is 36.5 Å². The Morgan fingerprint density at radius 2 is 1.77 bits per heavy atom. The van der Waals surface area contributed by atoms with Crippen molar-refractivity contribution in [3.8, 4) is 0 Å². The minimum atomic E-state index is -0.378. The molecule has 3 aromatic rings. The van der Waals surface area contributed by atoms with E-state index in [4.69, 9.17) is 10.7 Å². The standard InChI is InChI=1S/C15H22N2.C11H9NO/c1-2-8-17-9-7-15-13(11-17)10-12-5-3-4-6-14(12)16-15;12-11(13)10-7-3-5-8-4-1-2-6-9(8)10/h10H,2-9,11H2,1H3;1-7H,(H2,12,13). The molecule has 0 unspecified atom stereocenters. The van der Waals surface area contributed by atoms with Crippen LogP contribution >= 0.6 is 0 Å². The number of amides is 1. The molecule has 2 aliphatic rings. The maximum Gasteiger partial charge on any atom is 0.249 e. The molecule has 4 heteroatoms. The predicted octanol–water partition coefficient (Wildman–Crippen LogP) is 4.67. The second-order valence-corrected chi connectivity index (χ2v) is 8.32. The van der Waals surface area contributed by atoms with E-state index in [-0.39, 0.29) is 5.91 Å². The summed E-state index contributed by atoms with van der Waals surface area (Å²) in [6.07, 6.45) is 7.56. The average Bonchev–Trinajstić information content (AvgIpc) is 2.78. The maximum absolute atomic E-state index is 11.0. The summed E-state index contributed by atoms with van der Waals surface area (Å²) in [7, 11) is 0. The Balaban J connectivity index is 0.000000151. The molecule has 30 heavy (non-hydrogen) atoms. The Hall–Kier alpha value is -2.72. The molecule has 4 nitrogen and oxygen atoms in total. The van der Waals surface area contributed by atoms with E-state index in [9.17, 15) is 4.79 Å². The van der Waals surface area contributed by atoms with Crippen molar-refractivity contribution in [3.05, 3.63) is 76.6 Å². The molecule has 0 radical (unpaired) electrons. The van der Waals surface area contributed by atoms with Crippen LogP contribution < -0.4 is 5.73 Å². The third-order valence-corrected chi connectivity index (χ3v) is 6.12. The minimum Gasteiger partial charge on any atom is -0.366 e. The number of nitrogens with two attached hydrogens (primary N) is 1. The number of carbonyl (C=O) groups excluding carboxylic acids is 1. The largest absolute Gasteiger partial charge is 0.366 e. The Bertz CT molecular complexity index is 1040. The maximum atomic E-state index is 11.0. The second kappa shape index (κ2) is 9.40. The zero-order valence-electron chi connectivity index (χ0n) is 17.9. The number of aromatic nitrogens is 1. The van der Waals surface area contributed by atoms with Crippen molar-refractivity contribution in [3.63, 3.8) is 0 Å². The van der Waals surface area contributed by atoms with Gasteiger partial charge in [-0.25, -0.2) is 0 Å². The lowest BCUT2D eigenvalue weighted by atomic mass is 9.92. The Kier molecular flexibility index (Phi) is 6.44. The third-order valence-electron chi connectivity index (χ3n) is 6.12. The van der Waals surface area contributed by atoms with Gasteiger partial charge < -0.3 is 5.73 Å². The molecule has 0 fully saturated rings. The highest BCUT2D eigenvalue weighted by Crippen LogP contribution is 2.25. The van der Waals surface area contributed by atoms with Gasteiger partial charge in [-0.05, 0) is 66.6 Å². The van der Waals surface area contributed by atoms with E-state index in [1.165, 1.54) is 67.7 Å². The Morgan fingerprint density at radius 3 is 2.60 bits per heavy atom. The van der Waals surface area contributed by atoms with Crippen LogP contribution in [-0.2, 0) is 25.8 Å². The molecule has 2 N–H and O–H groups in total. The number of primary amides is 1. The zero-order valence-corrected chi connectivity index (χ0v) is 17.9. The SMILES string of the molecule is CCCN1CCc2nc3c(cc2C1)CCCC3.NC(=O)c1cccc2ccccc12. The number of pyridine rings is 1. The van der Waals surface area contributed by atoms with Crippen molar-refractivity contribution in [2.24, 2.45) is 5.73 Å². The van der Waals surface area contributed by atoms with Gasteiger partial charge in [0.1, 0.15) is 0 Å². The van der Waals surface area contributed by atoms with Crippen LogP contribution in [0.15, 0.2) is 48.5 Å². The van der Waals surface area contributed by atoms with Crippen LogP contribution in [0.5, 0.6) is 0 Å². The van der Waals surface area contributed by atoms with Gasteiger partial charge in [0.05, 0.1) is 0 Å². The van der Waals surface area contributed by atoms with Crippen LogP contribution in [0.3, 0.4) is 0 Å². The van der Waals surface area contributed by atoms with Gasteiger partial charge in [-0.3, -0.25) is 14.7 Å². The summed E-state index contributed by atoms with van der Waals surface area (Å²) in [5, 5.41) is 1.95. The first kappa shape index (κ1) is 20.5. The quantitative estimate of drug-likeness (QED) is 0.694. The van der Waals surface area contributed by atoms with Crippen LogP contribution in [0.4, 0.5) is 0 Å². The average molecular weight is 402 g/mol. The van der Waals surface area contributed by atoms with Crippen LogP contribution in [0.25, 0.3) is 10.8 Å². The molecule has 0 saturated heterocycles. The van der Waals surface area contributed by atoms with E-state index < -0.39 is 0 Å². The van der Waals surface area contributed by atoms with Gasteiger partial charge >= 0.3 is 0 Å². The van der Waals surface area contributed by atoms with Crippen molar-refractivity contribution in [2.75, 3.05) is 13.1 Å². The molecular weight excluding hydrogens is 370 g/mol. The number of benzene rings is 2. The molecule has 0 saturated carbocycles. The Labute approximate surface area is 179 Å². The number of carbonyl (C=O) groups is 1. The topological polar surface area (TPSA) is 59.2 Å². The summed E-state index contributed by atoms with van der Waals surface area (Å²) < 4.78 is 0. The van der Waals surface area contributed by atoms with Gasteiger partial charge in [0.2, 0.25) is 5.91 Å². The van der Waals surface area contributed by atoms with Crippen molar-refractivity contribution in [1.29, 1.82) is 0 Å². The van der Waals surface area contributed by atoms with Crippen molar-refractivity contribution >= 4 is 16.7 Å². The third kappa shape index (κ3) is 4.54. The first-order valence-corrected chi connectivity index (χ1v) is 11.2. The zero-order chi connectivity index (χ0) is 20.9. The van der Waals surface area contributed by atoms with E-state index in [0.29, 0.717) is 5.56 Å². The van der Waals surface area contributed by atoms with E-state index in [1.807, 2.05) is 36.4 Å². The molecule has 1 amide bonds. The summed E-state index contributed by atoms with van der Waals surface area (Å²) in [5.74, 6) is -0.378. The molecule has 0 bridgehead atoms. The first-order chi connectivity index (χ1) is 14.7. The highest BCUT2D eigenvalue weighted by Gasteiger charge is 2.20. The van der Waals surface area contributed by atoms with Gasteiger partial charge in [-0.2, -0.15) is 0 Å². The number of hydrogen-bond donors (Lipinski definition) is 1. The monoisotopic (exact) mass is 401 g/mol. The van der Waals surface area contributed by atoms with Crippen molar-refractivity contribution < 1.29 is 4.79 Å². The summed E-state index contributed by atoms with van der Waals surface area (Å²) in [5.41, 5.74) is 11.7. The molecule has 0 atom stereocenters. The summed E-state index contributed by atoms with van der Waals surface area (Å²) in [6, 6.07) is 15.7. The van der Waals surface area contributed by atoms with Crippen LogP contribution in [0.2, 0.25) is 0 Å². The fourth-order valence-electron chi connectivity index (χ4n) is 4.61. The molecule has 5 rings (SSSR count). The number of fused-ring (bicyclic) bond motifs is 3. The van der Waals surface area contributed by atoms with Crippen molar-refractivity contribution in [2.45, 2.75) is 52.0 Å². The molecule has 156 valence electrons. The lowest BCUT2D eigenvalue weighted by Crippen LogP contribution is -2.32. The molecular formula is C26H31N3O. The van der Waals surface area contributed by atoms with Gasteiger partial charge in [-0.15, -0.1) is 0 Å². The highest BCUT2D eigenvalue weighted by molar-refractivity contribution is 6.06. The van der Waals surface area contributed by atoms with Crippen LogP contribution in [-0.4, -0.2) is 28.9 Å². The first-order valence-electron chi connectivity index (χ1n) is 11.2. The van der Waals surface area contributed by atoms with E-state index in [0.717, 1.165) is 23.7 Å². The summed E-state index contributed by atoms with van der Waals surface area (Å²) >= 11 is 0. The molecule has 1 aromatic heterocycles. The molecule has 0 spiro atoms. The van der Waals surface area contributed by atoms with Gasteiger partial charge in [0.25, 0.3) is 0 Å². The fraction of sp³-hybridized carbons (Fsp3) is 0.385. The van der Waals surface area contributed by atoms with E-state index >= 15 is 0 Å². The Morgan fingerprint density at radius 1 is 1.00 bits per heavy atom. The normalized spacial score (nSPS) is 15.6. The fourth-order valence-corrected chi connectivity index (χ4v) is 4.61. The number of aryl methyl sites for hydroxylation is 2.